The number of phenols is 2. The van der Waals surface area contributed by atoms with Crippen molar-refractivity contribution in [2.24, 2.45) is 0 Å². The zero-order chi connectivity index (χ0) is 42.3. The molecule has 61 heavy (non-hydrogen) atoms. The summed E-state index contributed by atoms with van der Waals surface area (Å²) in [5.41, 5.74) is 6.49. The smallest absolute Gasteiger partial charge is 0.545 e. The maximum Gasteiger partial charge on any atom is 2.00 e. The summed E-state index contributed by atoms with van der Waals surface area (Å²) < 4.78 is 0. The molecule has 8 rings (SSSR count). The van der Waals surface area contributed by atoms with Crippen LogP contribution in [0.4, 0.5) is 0 Å². The Morgan fingerprint density at radius 2 is 0.557 bits per heavy atom. The second-order valence-corrected chi connectivity index (χ2v) is 14.6. The molecule has 6 nitrogen and oxygen atoms in total. The summed E-state index contributed by atoms with van der Waals surface area (Å²) in [7, 11) is 0. The summed E-state index contributed by atoms with van der Waals surface area (Å²) in [4.78, 5) is 23.6. The zero-order valence-electron chi connectivity index (χ0n) is 33.9. The average molecular weight is 852 g/mol. The van der Waals surface area contributed by atoms with Crippen LogP contribution in [0.1, 0.15) is 76.4 Å². The van der Waals surface area contributed by atoms with Crippen LogP contribution in [-0.4, -0.2) is 22.2 Å². The number of carboxylic acids is 2. The minimum atomic E-state index is -1.40. The number of carbonyl (C=O) groups excluding carboxylic acids is 2. The van der Waals surface area contributed by atoms with E-state index in [1.54, 1.807) is 13.8 Å². The van der Waals surface area contributed by atoms with Crippen LogP contribution in [-0.2, 0) is 30.3 Å². The number of benzene rings is 8. The minimum absolute atomic E-state index is 0. The molecule has 0 radical (unpaired) electrons. The molecular weight excluding hydrogens is 810 g/mol. The predicted molar refractivity (Wildman–Crippen MR) is 231 cm³/mol. The monoisotopic (exact) mass is 850 g/mol. The SMILES string of the molecule is Cc1cc(C(c2ccccc2)(c2ccccc2)c2ccccc2)cc(C(=O)[O-])c1O.Cc1cc(C(c2ccccc2)(c2ccccc2)c2ccccc2)cc(C(=O)[O-])c1O.[Zn+2]. The van der Waals surface area contributed by atoms with Crippen LogP contribution in [0, 0.1) is 13.8 Å². The second-order valence-electron chi connectivity index (χ2n) is 14.6. The van der Waals surface area contributed by atoms with Gasteiger partial charge in [0, 0.05) is 11.1 Å². The molecule has 0 aliphatic carbocycles. The fourth-order valence-electron chi connectivity index (χ4n) is 8.43. The van der Waals surface area contributed by atoms with Gasteiger partial charge in [0.05, 0.1) is 22.8 Å². The van der Waals surface area contributed by atoms with Gasteiger partial charge in [-0.1, -0.05) is 194 Å². The Kier molecular flexibility index (Phi) is 13.5. The Balaban J connectivity index is 0.000000201. The van der Waals surface area contributed by atoms with Crippen molar-refractivity contribution in [3.8, 4) is 11.5 Å². The van der Waals surface area contributed by atoms with Crippen molar-refractivity contribution in [1.29, 1.82) is 0 Å². The van der Waals surface area contributed by atoms with Crippen LogP contribution in [0.5, 0.6) is 11.5 Å². The van der Waals surface area contributed by atoms with Gasteiger partial charge in [-0.3, -0.25) is 0 Å². The van der Waals surface area contributed by atoms with Gasteiger partial charge in [0.2, 0.25) is 0 Å². The van der Waals surface area contributed by atoms with Crippen LogP contribution in [0.3, 0.4) is 0 Å². The number of aryl methyl sites for hydroxylation is 2. The van der Waals surface area contributed by atoms with Gasteiger partial charge in [0.1, 0.15) is 11.5 Å². The molecule has 0 aliphatic rings. The molecule has 8 aromatic carbocycles. The normalized spacial score (nSPS) is 11.0. The van der Waals surface area contributed by atoms with E-state index in [1.807, 2.05) is 194 Å². The van der Waals surface area contributed by atoms with Gasteiger partial charge < -0.3 is 30.0 Å². The summed E-state index contributed by atoms with van der Waals surface area (Å²) in [5.74, 6) is -3.33. The van der Waals surface area contributed by atoms with Gasteiger partial charge in [-0.05, 0) is 81.6 Å². The molecule has 0 aromatic heterocycles. The Morgan fingerprint density at radius 3 is 0.738 bits per heavy atom. The van der Waals surface area contributed by atoms with Crippen molar-refractivity contribution in [2.75, 3.05) is 0 Å². The molecule has 0 amide bonds. The standard InChI is InChI=1S/2C27H22O3.Zn/c2*1-19-17-23(18-24(25(19)28)26(29)30)27(20-11-5-2-6-12-20,21-13-7-3-8-14-21)22-15-9-4-10-16-22;/h2*2-18,28H,1H3,(H,29,30);/q;;+2/p-2. The van der Waals surface area contributed by atoms with E-state index in [-0.39, 0.29) is 42.1 Å². The first-order valence-electron chi connectivity index (χ1n) is 19.5. The van der Waals surface area contributed by atoms with Crippen LogP contribution in [0.2, 0.25) is 0 Å². The van der Waals surface area contributed by atoms with E-state index >= 15 is 0 Å². The third-order valence-corrected chi connectivity index (χ3v) is 11.1. The summed E-state index contributed by atoms with van der Waals surface area (Å²) in [6.07, 6.45) is 0. The quantitative estimate of drug-likeness (QED) is 0.105. The number of aromatic carboxylic acids is 2. The van der Waals surface area contributed by atoms with E-state index in [0.717, 1.165) is 44.5 Å². The van der Waals surface area contributed by atoms with E-state index in [9.17, 15) is 30.0 Å². The average Bonchev–Trinajstić information content (AvgIpc) is 3.29. The maximum atomic E-state index is 11.8. The van der Waals surface area contributed by atoms with E-state index in [1.165, 1.54) is 12.1 Å². The van der Waals surface area contributed by atoms with Gasteiger partial charge >= 0.3 is 19.5 Å². The van der Waals surface area contributed by atoms with Gasteiger partial charge in [-0.25, -0.2) is 0 Å². The summed E-state index contributed by atoms with van der Waals surface area (Å²) in [6.45, 7) is 3.41. The third kappa shape index (κ3) is 8.26. The summed E-state index contributed by atoms with van der Waals surface area (Å²) in [6, 6.07) is 66.7. The Hall–Kier alpha value is -7.08. The van der Waals surface area contributed by atoms with Crippen LogP contribution >= 0.6 is 0 Å². The molecule has 7 heteroatoms. The number of hydrogen-bond donors (Lipinski definition) is 2. The van der Waals surface area contributed by atoms with Crippen molar-refractivity contribution in [3.63, 3.8) is 0 Å². The molecule has 0 atom stereocenters. The number of carboxylic acid groups (broad SMARTS) is 2. The number of rotatable bonds is 10. The molecule has 0 heterocycles. The second kappa shape index (κ2) is 18.9. The first kappa shape index (κ1) is 43.5. The van der Waals surface area contributed by atoms with Crippen LogP contribution in [0.25, 0.3) is 0 Å². The molecule has 8 aromatic rings. The molecular formula is C54H42O6Zn. The first-order chi connectivity index (χ1) is 29.1. The van der Waals surface area contributed by atoms with Crippen LogP contribution in [0.15, 0.2) is 206 Å². The molecule has 0 fully saturated rings. The van der Waals surface area contributed by atoms with Crippen molar-refractivity contribution in [1.82, 2.24) is 0 Å². The number of aromatic hydroxyl groups is 2. The predicted octanol–water partition coefficient (Wildman–Crippen LogP) is 8.89. The van der Waals surface area contributed by atoms with Gasteiger partial charge in [-0.15, -0.1) is 0 Å². The van der Waals surface area contributed by atoms with Gasteiger partial charge in [-0.2, -0.15) is 0 Å². The molecule has 0 saturated heterocycles. The molecule has 0 aliphatic heterocycles. The zero-order valence-corrected chi connectivity index (χ0v) is 36.8. The van der Waals surface area contributed by atoms with Gasteiger partial charge in [0.15, 0.2) is 0 Å². The minimum Gasteiger partial charge on any atom is -0.545 e. The molecule has 2 N–H and O–H groups in total. The van der Waals surface area contributed by atoms with Crippen molar-refractivity contribution in [2.45, 2.75) is 24.7 Å². The van der Waals surface area contributed by atoms with E-state index < -0.39 is 22.8 Å². The molecule has 296 valence electrons. The van der Waals surface area contributed by atoms with E-state index in [0.29, 0.717) is 11.1 Å². The first-order valence-corrected chi connectivity index (χ1v) is 19.5. The van der Waals surface area contributed by atoms with Crippen molar-refractivity contribution < 1.29 is 49.5 Å². The molecule has 0 saturated carbocycles. The summed E-state index contributed by atoms with van der Waals surface area (Å²) >= 11 is 0. The van der Waals surface area contributed by atoms with E-state index in [2.05, 4.69) is 0 Å². The van der Waals surface area contributed by atoms with Crippen LogP contribution < -0.4 is 10.2 Å². The molecule has 0 unspecified atom stereocenters. The summed E-state index contributed by atoms with van der Waals surface area (Å²) in [5, 5.41) is 44.3. The van der Waals surface area contributed by atoms with Crippen molar-refractivity contribution >= 4 is 11.9 Å². The number of hydrogen-bond acceptors (Lipinski definition) is 6. The van der Waals surface area contributed by atoms with E-state index in [4.69, 9.17) is 0 Å². The fourth-order valence-corrected chi connectivity index (χ4v) is 8.43. The Bertz CT molecular complexity index is 2340. The third-order valence-electron chi connectivity index (χ3n) is 11.1. The Labute approximate surface area is 368 Å². The topological polar surface area (TPSA) is 121 Å². The molecule has 0 spiro atoms. The Morgan fingerprint density at radius 1 is 0.361 bits per heavy atom. The largest absolute Gasteiger partial charge is 2.00 e. The molecule has 0 bridgehead atoms. The van der Waals surface area contributed by atoms with Gasteiger partial charge in [0.25, 0.3) is 0 Å². The van der Waals surface area contributed by atoms with Crippen molar-refractivity contribution in [3.05, 3.63) is 273 Å². The number of carbonyl (C=O) groups is 2. The maximum absolute atomic E-state index is 11.8. The fraction of sp³-hybridized carbons (Fsp3) is 0.0741.